The van der Waals surface area contributed by atoms with Crippen LogP contribution in [0.2, 0.25) is 0 Å². The number of aryl methyl sites for hydroxylation is 1. The van der Waals surface area contributed by atoms with Crippen LogP contribution in [-0.2, 0) is 31.2 Å². The number of ether oxygens (including phenoxy) is 1. The van der Waals surface area contributed by atoms with E-state index in [-0.39, 0.29) is 18.1 Å². The van der Waals surface area contributed by atoms with Gasteiger partial charge in [-0.15, -0.1) is 0 Å². The van der Waals surface area contributed by atoms with Gasteiger partial charge in [-0.3, -0.25) is 14.5 Å². The van der Waals surface area contributed by atoms with Crippen molar-refractivity contribution in [2.45, 2.75) is 45.4 Å². The van der Waals surface area contributed by atoms with Gasteiger partial charge in [-0.05, 0) is 31.9 Å². The molecule has 2 aromatic heterocycles. The molecule has 2 aliphatic rings. The standard InChI is InChI=1S/C18H22N4O2/c1-11-9-14-16(20-21(3)17(14)12(2)24-11)18(23)22-8-6-13-5-4-7-19-15(13)10-22/h4-5,7,11-12H,6,8-10H2,1-3H3/t11-,12+/m1/s1. The van der Waals surface area contributed by atoms with E-state index >= 15 is 0 Å². The van der Waals surface area contributed by atoms with Gasteiger partial charge in [0.1, 0.15) is 0 Å². The normalized spacial score (nSPS) is 22.9. The second-order valence-corrected chi connectivity index (χ2v) is 6.71. The van der Waals surface area contributed by atoms with Gasteiger partial charge >= 0.3 is 0 Å². The van der Waals surface area contributed by atoms with Crippen LogP contribution in [0.1, 0.15) is 53.0 Å². The number of fused-ring (bicyclic) bond motifs is 2. The number of pyridine rings is 1. The Labute approximate surface area is 141 Å². The molecule has 2 aliphatic heterocycles. The second-order valence-electron chi connectivity index (χ2n) is 6.71. The maximum atomic E-state index is 13.1. The summed E-state index contributed by atoms with van der Waals surface area (Å²) >= 11 is 0. The van der Waals surface area contributed by atoms with E-state index in [1.807, 2.05) is 31.9 Å². The molecule has 0 aromatic carbocycles. The molecule has 24 heavy (non-hydrogen) atoms. The van der Waals surface area contributed by atoms with E-state index in [1.54, 1.807) is 10.9 Å². The predicted molar refractivity (Wildman–Crippen MR) is 88.6 cm³/mol. The van der Waals surface area contributed by atoms with Crippen molar-refractivity contribution >= 4 is 5.91 Å². The summed E-state index contributed by atoms with van der Waals surface area (Å²) in [7, 11) is 1.89. The minimum Gasteiger partial charge on any atom is -0.369 e. The van der Waals surface area contributed by atoms with Crippen molar-refractivity contribution in [2.24, 2.45) is 7.05 Å². The van der Waals surface area contributed by atoms with Gasteiger partial charge in [0.25, 0.3) is 5.91 Å². The molecule has 126 valence electrons. The van der Waals surface area contributed by atoms with Gasteiger partial charge in [0, 0.05) is 31.8 Å². The number of aromatic nitrogens is 3. The zero-order valence-electron chi connectivity index (χ0n) is 14.3. The van der Waals surface area contributed by atoms with E-state index in [0.29, 0.717) is 18.8 Å². The Bertz CT molecular complexity index is 798. The molecule has 4 heterocycles. The third-order valence-corrected chi connectivity index (χ3v) is 4.97. The molecule has 0 bridgehead atoms. The first kappa shape index (κ1) is 15.3. The number of nitrogens with zero attached hydrogens (tertiary/aromatic N) is 4. The zero-order valence-corrected chi connectivity index (χ0v) is 14.3. The molecule has 0 aliphatic carbocycles. The van der Waals surface area contributed by atoms with Crippen LogP contribution < -0.4 is 0 Å². The zero-order chi connectivity index (χ0) is 16.8. The van der Waals surface area contributed by atoms with E-state index < -0.39 is 0 Å². The Morgan fingerprint density at radius 3 is 3.04 bits per heavy atom. The molecule has 0 saturated heterocycles. The summed E-state index contributed by atoms with van der Waals surface area (Å²) in [6.07, 6.45) is 3.44. The van der Waals surface area contributed by atoms with Crippen LogP contribution in [0.3, 0.4) is 0 Å². The van der Waals surface area contributed by atoms with Gasteiger partial charge in [-0.2, -0.15) is 5.10 Å². The maximum absolute atomic E-state index is 13.1. The highest BCUT2D eigenvalue weighted by molar-refractivity contribution is 5.94. The minimum atomic E-state index is -0.0356. The van der Waals surface area contributed by atoms with Crippen LogP contribution in [0.25, 0.3) is 0 Å². The van der Waals surface area contributed by atoms with Crippen molar-refractivity contribution in [1.29, 1.82) is 0 Å². The average molecular weight is 326 g/mol. The summed E-state index contributed by atoms with van der Waals surface area (Å²) in [6, 6.07) is 4.04. The fourth-order valence-electron chi connectivity index (χ4n) is 3.89. The number of hydrogen-bond acceptors (Lipinski definition) is 4. The molecule has 6 nitrogen and oxygen atoms in total. The highest BCUT2D eigenvalue weighted by Crippen LogP contribution is 2.32. The van der Waals surface area contributed by atoms with Crippen molar-refractivity contribution in [2.75, 3.05) is 6.54 Å². The van der Waals surface area contributed by atoms with Gasteiger partial charge in [-0.1, -0.05) is 6.07 Å². The van der Waals surface area contributed by atoms with Crippen molar-refractivity contribution in [3.63, 3.8) is 0 Å². The lowest BCUT2D eigenvalue weighted by Gasteiger charge is -2.29. The third-order valence-electron chi connectivity index (χ3n) is 4.97. The summed E-state index contributed by atoms with van der Waals surface area (Å²) in [6.45, 7) is 5.33. The van der Waals surface area contributed by atoms with Crippen molar-refractivity contribution in [1.82, 2.24) is 19.7 Å². The molecule has 0 unspecified atom stereocenters. The molecule has 0 saturated carbocycles. The average Bonchev–Trinajstić information content (AvgIpc) is 2.90. The van der Waals surface area contributed by atoms with E-state index in [9.17, 15) is 4.79 Å². The SMILES string of the molecule is C[C@@H]1Cc2c(C(=O)N3CCc4cccnc4C3)nn(C)c2[C@H](C)O1. The van der Waals surface area contributed by atoms with E-state index in [2.05, 4.69) is 16.1 Å². The van der Waals surface area contributed by atoms with Gasteiger partial charge in [0.2, 0.25) is 0 Å². The fraction of sp³-hybridized carbons (Fsp3) is 0.500. The monoisotopic (exact) mass is 326 g/mol. The highest BCUT2D eigenvalue weighted by Gasteiger charge is 2.33. The molecule has 2 aromatic rings. The summed E-state index contributed by atoms with van der Waals surface area (Å²) in [4.78, 5) is 19.4. The van der Waals surface area contributed by atoms with Gasteiger partial charge in [0.15, 0.2) is 5.69 Å². The molecular formula is C18H22N4O2. The molecular weight excluding hydrogens is 304 g/mol. The number of amides is 1. The third kappa shape index (κ3) is 2.41. The quantitative estimate of drug-likeness (QED) is 0.804. The van der Waals surface area contributed by atoms with Crippen LogP contribution >= 0.6 is 0 Å². The Kier molecular flexibility index (Phi) is 3.64. The number of carbonyl (C=O) groups is 1. The summed E-state index contributed by atoms with van der Waals surface area (Å²) in [5.74, 6) is 0.00412. The predicted octanol–water partition coefficient (Wildman–Crippen LogP) is 2.04. The first-order valence-corrected chi connectivity index (χ1v) is 8.48. The first-order valence-electron chi connectivity index (χ1n) is 8.48. The second kappa shape index (κ2) is 5.70. The largest absolute Gasteiger partial charge is 0.369 e. The lowest BCUT2D eigenvalue weighted by Crippen LogP contribution is -2.37. The topological polar surface area (TPSA) is 60.2 Å². The molecule has 2 atom stereocenters. The van der Waals surface area contributed by atoms with Crippen molar-refractivity contribution in [3.05, 3.63) is 46.5 Å². The number of hydrogen-bond donors (Lipinski definition) is 0. The molecule has 0 radical (unpaired) electrons. The molecule has 0 fully saturated rings. The van der Waals surface area contributed by atoms with Crippen LogP contribution in [0.5, 0.6) is 0 Å². The fourth-order valence-corrected chi connectivity index (χ4v) is 3.89. The van der Waals surface area contributed by atoms with E-state index in [4.69, 9.17) is 4.74 Å². The minimum absolute atomic E-state index is 0.00412. The van der Waals surface area contributed by atoms with Crippen molar-refractivity contribution < 1.29 is 9.53 Å². The first-order chi connectivity index (χ1) is 11.5. The summed E-state index contributed by atoms with van der Waals surface area (Å²) in [5.41, 5.74) is 4.87. The number of carbonyl (C=O) groups excluding carboxylic acids is 1. The van der Waals surface area contributed by atoms with Crippen LogP contribution in [0.15, 0.2) is 18.3 Å². The van der Waals surface area contributed by atoms with Gasteiger partial charge in [0.05, 0.1) is 30.1 Å². The maximum Gasteiger partial charge on any atom is 0.275 e. The lowest BCUT2D eigenvalue weighted by molar-refractivity contribution is -0.00907. The smallest absolute Gasteiger partial charge is 0.275 e. The molecule has 1 amide bonds. The van der Waals surface area contributed by atoms with Gasteiger partial charge < -0.3 is 9.64 Å². The molecule has 4 rings (SSSR count). The molecule has 0 spiro atoms. The van der Waals surface area contributed by atoms with Gasteiger partial charge in [-0.25, -0.2) is 0 Å². The number of rotatable bonds is 1. The Morgan fingerprint density at radius 2 is 2.21 bits per heavy atom. The van der Waals surface area contributed by atoms with Crippen LogP contribution in [0.4, 0.5) is 0 Å². The Balaban J connectivity index is 1.66. The van der Waals surface area contributed by atoms with Crippen LogP contribution in [0, 0.1) is 0 Å². The molecule has 6 heteroatoms. The lowest BCUT2D eigenvalue weighted by atomic mass is 9.98. The van der Waals surface area contributed by atoms with E-state index in [1.165, 1.54) is 5.56 Å². The highest BCUT2D eigenvalue weighted by atomic mass is 16.5. The Hall–Kier alpha value is -2.21. The van der Waals surface area contributed by atoms with Crippen molar-refractivity contribution in [3.8, 4) is 0 Å². The molecule has 0 N–H and O–H groups in total. The summed E-state index contributed by atoms with van der Waals surface area (Å²) in [5, 5.41) is 4.53. The van der Waals surface area contributed by atoms with Crippen LogP contribution in [-0.4, -0.2) is 38.2 Å². The summed E-state index contributed by atoms with van der Waals surface area (Å²) < 4.78 is 7.68. The Morgan fingerprint density at radius 1 is 1.38 bits per heavy atom. The van der Waals surface area contributed by atoms with E-state index in [0.717, 1.165) is 29.8 Å².